The fourth-order valence-corrected chi connectivity index (χ4v) is 4.03. The van der Waals surface area contributed by atoms with E-state index in [0.29, 0.717) is 12.8 Å². The van der Waals surface area contributed by atoms with Crippen LogP contribution in [0.4, 0.5) is 0 Å². The van der Waals surface area contributed by atoms with Gasteiger partial charge in [0.25, 0.3) is 0 Å². The molecule has 30 heavy (non-hydrogen) atoms. The summed E-state index contributed by atoms with van der Waals surface area (Å²) >= 11 is 0. The minimum atomic E-state index is -0.563. The Hall–Kier alpha value is -3.68. The molecule has 2 N–H and O–H groups in total. The standard InChI is InChI=1S/C26H24N4/c27-18-24(28)16-17-25-19-30(20-29-25)26(21-10-4-1-5-11-21,22-12-6-2-7-13-22)23-14-8-3-9-15-23/h1-15,19-20,24H,16-17,28H2/t24-/m1/s1. The van der Waals surface area contributed by atoms with Gasteiger partial charge in [-0.15, -0.1) is 0 Å². The fourth-order valence-electron chi connectivity index (χ4n) is 4.03. The van der Waals surface area contributed by atoms with Crippen LogP contribution in [0.3, 0.4) is 0 Å². The summed E-state index contributed by atoms with van der Waals surface area (Å²) in [6, 6.07) is 33.1. The van der Waals surface area contributed by atoms with Gasteiger partial charge in [-0.3, -0.25) is 0 Å². The van der Waals surface area contributed by atoms with Crippen molar-refractivity contribution in [2.24, 2.45) is 5.73 Å². The monoisotopic (exact) mass is 392 g/mol. The second-order valence-electron chi connectivity index (χ2n) is 7.36. The third-order valence-corrected chi connectivity index (χ3v) is 5.48. The van der Waals surface area contributed by atoms with E-state index in [1.807, 2.05) is 24.5 Å². The van der Waals surface area contributed by atoms with Crippen LogP contribution in [0.5, 0.6) is 0 Å². The molecule has 0 amide bonds. The molecular formula is C26H24N4. The zero-order valence-corrected chi connectivity index (χ0v) is 16.7. The number of imidazole rings is 1. The van der Waals surface area contributed by atoms with E-state index in [4.69, 9.17) is 11.0 Å². The van der Waals surface area contributed by atoms with Gasteiger partial charge in [0.2, 0.25) is 0 Å². The van der Waals surface area contributed by atoms with E-state index < -0.39 is 11.6 Å². The molecule has 0 aliphatic rings. The van der Waals surface area contributed by atoms with E-state index >= 15 is 0 Å². The highest BCUT2D eigenvalue weighted by atomic mass is 15.1. The molecule has 4 rings (SSSR count). The average molecular weight is 393 g/mol. The summed E-state index contributed by atoms with van der Waals surface area (Å²) in [5, 5.41) is 8.99. The van der Waals surface area contributed by atoms with E-state index in [-0.39, 0.29) is 0 Å². The SMILES string of the molecule is N#C[C@H](N)CCc1cn(C(c2ccccc2)(c2ccccc2)c2ccccc2)cn1. The fraction of sp³-hybridized carbons (Fsp3) is 0.154. The minimum Gasteiger partial charge on any atom is -0.319 e. The Morgan fingerprint density at radius 2 is 1.30 bits per heavy atom. The molecule has 0 aliphatic carbocycles. The Balaban J connectivity index is 1.93. The van der Waals surface area contributed by atoms with Crippen molar-refractivity contribution in [2.75, 3.05) is 0 Å². The molecule has 148 valence electrons. The topological polar surface area (TPSA) is 67.6 Å². The van der Waals surface area contributed by atoms with Crippen molar-refractivity contribution in [1.82, 2.24) is 9.55 Å². The summed E-state index contributed by atoms with van der Waals surface area (Å²) in [4.78, 5) is 4.66. The van der Waals surface area contributed by atoms with Gasteiger partial charge in [-0.2, -0.15) is 5.26 Å². The van der Waals surface area contributed by atoms with Crippen LogP contribution in [0.2, 0.25) is 0 Å². The second-order valence-corrected chi connectivity index (χ2v) is 7.36. The van der Waals surface area contributed by atoms with Crippen LogP contribution >= 0.6 is 0 Å². The lowest BCUT2D eigenvalue weighted by Gasteiger charge is -2.37. The summed E-state index contributed by atoms with van der Waals surface area (Å²) in [6.45, 7) is 0. The van der Waals surface area contributed by atoms with Crippen LogP contribution in [0, 0.1) is 11.3 Å². The molecule has 0 aliphatic heterocycles. The number of rotatable bonds is 7. The van der Waals surface area contributed by atoms with Gasteiger partial charge in [-0.25, -0.2) is 4.98 Å². The number of nitriles is 1. The van der Waals surface area contributed by atoms with Crippen molar-refractivity contribution in [3.63, 3.8) is 0 Å². The normalized spacial score (nSPS) is 12.3. The van der Waals surface area contributed by atoms with Crippen molar-refractivity contribution in [3.8, 4) is 6.07 Å². The lowest BCUT2D eigenvalue weighted by atomic mass is 9.77. The first kappa shape index (κ1) is 19.6. The quantitative estimate of drug-likeness (QED) is 0.471. The van der Waals surface area contributed by atoms with Crippen LogP contribution in [0.15, 0.2) is 104 Å². The lowest BCUT2D eigenvalue weighted by molar-refractivity contribution is 0.514. The smallest absolute Gasteiger partial charge is 0.121 e. The van der Waals surface area contributed by atoms with Crippen LogP contribution in [-0.4, -0.2) is 15.6 Å². The molecule has 0 spiro atoms. The maximum atomic E-state index is 8.99. The van der Waals surface area contributed by atoms with E-state index in [9.17, 15) is 0 Å². The van der Waals surface area contributed by atoms with E-state index in [2.05, 4.69) is 94.6 Å². The highest BCUT2D eigenvalue weighted by molar-refractivity contribution is 5.50. The number of hydrogen-bond donors (Lipinski definition) is 1. The zero-order chi connectivity index (χ0) is 20.8. The van der Waals surface area contributed by atoms with Crippen molar-refractivity contribution < 1.29 is 0 Å². The van der Waals surface area contributed by atoms with Crippen LogP contribution in [0.1, 0.15) is 28.8 Å². The molecule has 0 saturated carbocycles. The lowest BCUT2D eigenvalue weighted by Crippen LogP contribution is -2.36. The average Bonchev–Trinajstić information content (AvgIpc) is 3.29. The van der Waals surface area contributed by atoms with Crippen LogP contribution in [0.25, 0.3) is 0 Å². The van der Waals surface area contributed by atoms with Crippen LogP contribution < -0.4 is 5.73 Å². The zero-order valence-electron chi connectivity index (χ0n) is 16.7. The van der Waals surface area contributed by atoms with Gasteiger partial charge in [-0.1, -0.05) is 91.0 Å². The van der Waals surface area contributed by atoms with Crippen LogP contribution in [-0.2, 0) is 12.0 Å². The van der Waals surface area contributed by atoms with E-state index in [1.165, 1.54) is 0 Å². The molecule has 1 heterocycles. The van der Waals surface area contributed by atoms with Crippen molar-refractivity contribution in [3.05, 3.63) is 126 Å². The van der Waals surface area contributed by atoms with Gasteiger partial charge in [0.05, 0.1) is 24.1 Å². The largest absolute Gasteiger partial charge is 0.319 e. The summed E-state index contributed by atoms with van der Waals surface area (Å²) in [5.74, 6) is 0. The predicted molar refractivity (Wildman–Crippen MR) is 119 cm³/mol. The summed E-state index contributed by atoms with van der Waals surface area (Å²) in [5.41, 5.74) is 9.61. The third-order valence-electron chi connectivity index (χ3n) is 5.48. The van der Waals surface area contributed by atoms with Crippen molar-refractivity contribution in [2.45, 2.75) is 24.4 Å². The Morgan fingerprint density at radius 3 is 1.73 bits per heavy atom. The maximum absolute atomic E-state index is 8.99. The van der Waals surface area contributed by atoms with Gasteiger partial charge < -0.3 is 10.3 Å². The molecule has 4 aromatic rings. The molecule has 1 atom stereocenters. The van der Waals surface area contributed by atoms with Gasteiger partial charge >= 0.3 is 0 Å². The predicted octanol–water partition coefficient (Wildman–Crippen LogP) is 4.51. The first-order valence-corrected chi connectivity index (χ1v) is 10.1. The molecule has 0 saturated heterocycles. The molecule has 4 nitrogen and oxygen atoms in total. The second kappa shape index (κ2) is 8.77. The Labute approximate surface area is 177 Å². The first-order valence-electron chi connectivity index (χ1n) is 10.1. The van der Waals surface area contributed by atoms with Gasteiger partial charge in [0.15, 0.2) is 0 Å². The Bertz CT molecular complexity index is 1020. The highest BCUT2D eigenvalue weighted by Gasteiger charge is 2.38. The molecule has 0 radical (unpaired) electrons. The number of aromatic nitrogens is 2. The molecule has 4 heteroatoms. The number of aryl methyl sites for hydroxylation is 1. The van der Waals surface area contributed by atoms with Gasteiger partial charge in [0.1, 0.15) is 5.54 Å². The number of benzene rings is 3. The van der Waals surface area contributed by atoms with E-state index in [1.54, 1.807) is 0 Å². The number of nitrogens with zero attached hydrogens (tertiary/aromatic N) is 3. The maximum Gasteiger partial charge on any atom is 0.121 e. The van der Waals surface area contributed by atoms with E-state index in [0.717, 1.165) is 22.4 Å². The summed E-state index contributed by atoms with van der Waals surface area (Å²) < 4.78 is 2.18. The first-order chi connectivity index (χ1) is 14.7. The molecule has 0 bridgehead atoms. The van der Waals surface area contributed by atoms with Gasteiger partial charge in [0, 0.05) is 6.20 Å². The highest BCUT2D eigenvalue weighted by Crippen LogP contribution is 2.40. The molecular weight excluding hydrogens is 368 g/mol. The van der Waals surface area contributed by atoms with Gasteiger partial charge in [-0.05, 0) is 29.5 Å². The minimum absolute atomic E-state index is 0.475. The molecule has 0 fully saturated rings. The van der Waals surface area contributed by atoms with Crippen molar-refractivity contribution in [1.29, 1.82) is 5.26 Å². The molecule has 1 aromatic heterocycles. The third kappa shape index (κ3) is 3.63. The summed E-state index contributed by atoms with van der Waals surface area (Å²) in [7, 11) is 0. The molecule has 0 unspecified atom stereocenters. The number of nitrogens with two attached hydrogens (primary N) is 1. The number of hydrogen-bond acceptors (Lipinski definition) is 3. The van der Waals surface area contributed by atoms with Crippen molar-refractivity contribution >= 4 is 0 Å². The Kier molecular flexibility index (Phi) is 5.74. The summed E-state index contributed by atoms with van der Waals surface area (Å²) in [6.07, 6.45) is 5.22. The molecule has 3 aromatic carbocycles. The Morgan fingerprint density at radius 1 is 0.833 bits per heavy atom.